The van der Waals surface area contributed by atoms with Gasteiger partial charge in [0.25, 0.3) is 5.91 Å². The zero-order valence-electron chi connectivity index (χ0n) is 12.9. The van der Waals surface area contributed by atoms with Crippen molar-refractivity contribution in [2.75, 3.05) is 10.6 Å². The highest BCUT2D eigenvalue weighted by molar-refractivity contribution is 6.30. The number of anilines is 2. The molecule has 122 valence electrons. The molecule has 7 heteroatoms. The zero-order chi connectivity index (χ0) is 16.9. The quantitative estimate of drug-likeness (QED) is 0.735. The minimum Gasteiger partial charge on any atom is -0.467 e. The van der Waals surface area contributed by atoms with E-state index in [1.807, 2.05) is 12.1 Å². The Labute approximate surface area is 143 Å². The third-order valence-electron chi connectivity index (χ3n) is 3.20. The Morgan fingerprint density at radius 2 is 2.00 bits per heavy atom. The first-order valence-electron chi connectivity index (χ1n) is 7.29. The maximum absolute atomic E-state index is 12.4. The number of halogens is 1. The lowest BCUT2D eigenvalue weighted by Gasteiger charge is -2.08. The third kappa shape index (κ3) is 4.11. The smallest absolute Gasteiger partial charge is 0.274 e. The number of nitrogens with one attached hydrogen (secondary N) is 2. The molecule has 0 saturated carbocycles. The SMILES string of the molecule is Cc1nc(NCc2ccco2)cc(C(=O)Nc2ccc(Cl)cc2)n1. The fourth-order valence-electron chi connectivity index (χ4n) is 2.09. The topological polar surface area (TPSA) is 80.0 Å². The van der Waals surface area contributed by atoms with Crippen LogP contribution in [0.25, 0.3) is 0 Å². The molecule has 24 heavy (non-hydrogen) atoms. The molecule has 0 aliphatic carbocycles. The molecule has 2 N–H and O–H groups in total. The lowest BCUT2D eigenvalue weighted by molar-refractivity contribution is 0.102. The number of furan rings is 1. The van der Waals surface area contributed by atoms with Gasteiger partial charge in [-0.25, -0.2) is 9.97 Å². The normalized spacial score (nSPS) is 10.4. The number of benzene rings is 1. The highest BCUT2D eigenvalue weighted by atomic mass is 35.5. The van der Waals surface area contributed by atoms with E-state index in [1.54, 1.807) is 43.5 Å². The van der Waals surface area contributed by atoms with Gasteiger partial charge in [0.05, 0.1) is 12.8 Å². The Bertz CT molecular complexity index is 832. The van der Waals surface area contributed by atoms with Crippen LogP contribution in [0.2, 0.25) is 5.02 Å². The van der Waals surface area contributed by atoms with Crippen LogP contribution in [0.1, 0.15) is 22.1 Å². The Morgan fingerprint density at radius 1 is 1.21 bits per heavy atom. The number of nitrogens with zero attached hydrogens (tertiary/aromatic N) is 2. The molecule has 1 amide bonds. The minimum absolute atomic E-state index is 0.277. The molecule has 0 aliphatic heterocycles. The zero-order valence-corrected chi connectivity index (χ0v) is 13.7. The van der Waals surface area contributed by atoms with Crippen LogP contribution in [0.3, 0.4) is 0 Å². The van der Waals surface area contributed by atoms with Crippen molar-refractivity contribution in [2.45, 2.75) is 13.5 Å². The molecule has 0 unspecified atom stereocenters. The van der Waals surface area contributed by atoms with E-state index < -0.39 is 0 Å². The van der Waals surface area contributed by atoms with Crippen LogP contribution < -0.4 is 10.6 Å². The largest absolute Gasteiger partial charge is 0.467 e. The molecule has 6 nitrogen and oxygen atoms in total. The van der Waals surface area contributed by atoms with Crippen molar-refractivity contribution in [3.8, 4) is 0 Å². The number of carbonyl (C=O) groups is 1. The molecule has 2 heterocycles. The Morgan fingerprint density at radius 3 is 2.71 bits per heavy atom. The van der Waals surface area contributed by atoms with Crippen molar-refractivity contribution in [2.24, 2.45) is 0 Å². The lowest BCUT2D eigenvalue weighted by atomic mass is 10.3. The second-order valence-electron chi connectivity index (χ2n) is 5.08. The summed E-state index contributed by atoms with van der Waals surface area (Å²) in [7, 11) is 0. The first kappa shape index (κ1) is 16.0. The number of rotatable bonds is 5. The second kappa shape index (κ2) is 7.14. The van der Waals surface area contributed by atoms with E-state index in [0.717, 1.165) is 5.76 Å². The van der Waals surface area contributed by atoms with Crippen LogP contribution in [0.5, 0.6) is 0 Å². The van der Waals surface area contributed by atoms with Gasteiger partial charge in [0.2, 0.25) is 0 Å². The predicted octanol–water partition coefficient (Wildman–Crippen LogP) is 3.90. The van der Waals surface area contributed by atoms with E-state index >= 15 is 0 Å². The Balaban J connectivity index is 1.72. The van der Waals surface area contributed by atoms with Gasteiger partial charge in [0.1, 0.15) is 23.1 Å². The van der Waals surface area contributed by atoms with Crippen molar-refractivity contribution in [3.05, 3.63) is 71.0 Å². The molecule has 0 bridgehead atoms. The van der Waals surface area contributed by atoms with E-state index in [4.69, 9.17) is 16.0 Å². The number of amides is 1. The van der Waals surface area contributed by atoms with Gasteiger partial charge in [0, 0.05) is 16.8 Å². The fraction of sp³-hybridized carbons (Fsp3) is 0.118. The van der Waals surface area contributed by atoms with E-state index in [9.17, 15) is 4.79 Å². The van der Waals surface area contributed by atoms with Gasteiger partial charge in [-0.15, -0.1) is 0 Å². The van der Waals surface area contributed by atoms with Gasteiger partial charge in [-0.2, -0.15) is 0 Å². The van der Waals surface area contributed by atoms with E-state index in [1.165, 1.54) is 0 Å². The van der Waals surface area contributed by atoms with Crippen molar-refractivity contribution in [1.82, 2.24) is 9.97 Å². The number of hydrogen-bond donors (Lipinski definition) is 2. The summed E-state index contributed by atoms with van der Waals surface area (Å²) in [6.07, 6.45) is 1.60. The van der Waals surface area contributed by atoms with Crippen molar-refractivity contribution in [3.63, 3.8) is 0 Å². The molecular weight excluding hydrogens is 328 g/mol. The summed E-state index contributed by atoms with van der Waals surface area (Å²) in [5.74, 6) is 1.52. The molecule has 0 radical (unpaired) electrons. The minimum atomic E-state index is -0.316. The Kier molecular flexibility index (Phi) is 4.77. The molecule has 0 aliphatic rings. The average molecular weight is 343 g/mol. The van der Waals surface area contributed by atoms with Crippen LogP contribution in [0, 0.1) is 6.92 Å². The van der Waals surface area contributed by atoms with Gasteiger partial charge in [-0.1, -0.05) is 11.6 Å². The predicted molar refractivity (Wildman–Crippen MR) is 92.2 cm³/mol. The van der Waals surface area contributed by atoms with Crippen LogP contribution in [-0.2, 0) is 6.54 Å². The molecule has 0 saturated heterocycles. The summed E-state index contributed by atoms with van der Waals surface area (Å²) < 4.78 is 5.26. The van der Waals surface area contributed by atoms with Crippen LogP contribution in [-0.4, -0.2) is 15.9 Å². The average Bonchev–Trinajstić information content (AvgIpc) is 3.08. The molecule has 0 spiro atoms. The molecule has 2 aromatic heterocycles. The second-order valence-corrected chi connectivity index (χ2v) is 5.52. The molecule has 1 aromatic carbocycles. The number of aryl methyl sites for hydroxylation is 1. The molecule has 0 fully saturated rings. The standard InChI is InChI=1S/C17H15ClN4O2/c1-11-20-15(17(23)22-13-6-4-12(18)5-7-13)9-16(21-11)19-10-14-3-2-8-24-14/h2-9H,10H2,1H3,(H,22,23)(H,19,20,21). The van der Waals surface area contributed by atoms with Gasteiger partial charge in [-0.05, 0) is 43.3 Å². The first-order chi connectivity index (χ1) is 11.6. The van der Waals surface area contributed by atoms with E-state index in [-0.39, 0.29) is 11.6 Å². The molecule has 3 aromatic rings. The van der Waals surface area contributed by atoms with Crippen LogP contribution >= 0.6 is 11.6 Å². The maximum Gasteiger partial charge on any atom is 0.274 e. The lowest BCUT2D eigenvalue weighted by Crippen LogP contribution is -2.15. The van der Waals surface area contributed by atoms with Gasteiger partial charge >= 0.3 is 0 Å². The van der Waals surface area contributed by atoms with Gasteiger partial charge in [-0.3, -0.25) is 4.79 Å². The third-order valence-corrected chi connectivity index (χ3v) is 3.45. The van der Waals surface area contributed by atoms with Gasteiger partial charge in [0.15, 0.2) is 0 Å². The summed E-state index contributed by atoms with van der Waals surface area (Å²) in [5.41, 5.74) is 0.921. The van der Waals surface area contributed by atoms with E-state index in [0.29, 0.717) is 28.9 Å². The van der Waals surface area contributed by atoms with Crippen molar-refractivity contribution < 1.29 is 9.21 Å². The number of carbonyl (C=O) groups excluding carboxylic acids is 1. The van der Waals surface area contributed by atoms with Gasteiger partial charge < -0.3 is 15.1 Å². The summed E-state index contributed by atoms with van der Waals surface area (Å²) in [6.45, 7) is 2.21. The molecule has 0 atom stereocenters. The molecule has 3 rings (SSSR count). The highest BCUT2D eigenvalue weighted by Gasteiger charge is 2.11. The monoisotopic (exact) mass is 342 g/mol. The Hall–Kier alpha value is -2.86. The summed E-state index contributed by atoms with van der Waals surface area (Å²) in [6, 6.07) is 12.1. The highest BCUT2D eigenvalue weighted by Crippen LogP contribution is 2.15. The summed E-state index contributed by atoms with van der Waals surface area (Å²) in [4.78, 5) is 20.8. The van der Waals surface area contributed by atoms with Crippen LogP contribution in [0.15, 0.2) is 53.1 Å². The fourth-order valence-corrected chi connectivity index (χ4v) is 2.22. The summed E-state index contributed by atoms with van der Waals surface area (Å²) in [5, 5.41) is 6.49. The molecular formula is C17H15ClN4O2. The maximum atomic E-state index is 12.4. The van der Waals surface area contributed by atoms with Crippen molar-refractivity contribution in [1.29, 1.82) is 0 Å². The van der Waals surface area contributed by atoms with Crippen LogP contribution in [0.4, 0.5) is 11.5 Å². The first-order valence-corrected chi connectivity index (χ1v) is 7.67. The number of aromatic nitrogens is 2. The number of hydrogen-bond acceptors (Lipinski definition) is 5. The van der Waals surface area contributed by atoms with E-state index in [2.05, 4.69) is 20.6 Å². The summed E-state index contributed by atoms with van der Waals surface area (Å²) >= 11 is 5.83. The van der Waals surface area contributed by atoms with Crippen molar-refractivity contribution >= 4 is 29.0 Å².